The van der Waals surface area contributed by atoms with Crippen molar-refractivity contribution in [3.63, 3.8) is 0 Å². The van der Waals surface area contributed by atoms with Gasteiger partial charge in [0.15, 0.2) is 0 Å². The quantitative estimate of drug-likeness (QED) is 0.812. The normalized spacial score (nSPS) is 14.7. The number of amides is 2. The molecule has 138 valence electrons. The Morgan fingerprint density at radius 3 is 2.69 bits per heavy atom. The molecule has 0 radical (unpaired) electrons. The maximum atomic E-state index is 12.6. The molecule has 0 N–H and O–H groups in total. The van der Waals surface area contributed by atoms with Crippen LogP contribution in [0.15, 0.2) is 29.9 Å². The average molecular weight is 384 g/mol. The molecule has 1 aliphatic heterocycles. The van der Waals surface area contributed by atoms with Crippen molar-refractivity contribution in [2.45, 2.75) is 25.4 Å². The molecule has 1 saturated heterocycles. The SMILES string of the molecule is O=C(CCC(F)(F)F)N1CCCN1C(=O)c1csc(-c2cccnc2)n1. The maximum Gasteiger partial charge on any atom is 0.389 e. The standard InChI is InChI=1S/C16H15F3N4O2S/c17-16(18,19)5-4-13(24)22-7-2-8-23(22)15(25)12-10-26-14(21-12)11-3-1-6-20-9-11/h1,3,6,9-10H,2,4-5,7-8H2. The number of pyridine rings is 1. The minimum absolute atomic E-state index is 0.157. The third-order valence-corrected chi connectivity index (χ3v) is 4.70. The van der Waals surface area contributed by atoms with E-state index in [0.29, 0.717) is 11.4 Å². The maximum absolute atomic E-state index is 12.6. The molecule has 0 saturated carbocycles. The molecule has 0 unspecified atom stereocenters. The molecule has 2 amide bonds. The van der Waals surface area contributed by atoms with Crippen molar-refractivity contribution in [3.8, 4) is 10.6 Å². The Balaban J connectivity index is 1.71. The van der Waals surface area contributed by atoms with Gasteiger partial charge in [-0.15, -0.1) is 11.3 Å². The van der Waals surface area contributed by atoms with Gasteiger partial charge < -0.3 is 0 Å². The zero-order chi connectivity index (χ0) is 18.7. The highest BCUT2D eigenvalue weighted by Crippen LogP contribution is 2.26. The summed E-state index contributed by atoms with van der Waals surface area (Å²) in [5.74, 6) is -1.20. The molecule has 1 aliphatic rings. The Labute approximate surface area is 151 Å². The predicted molar refractivity (Wildman–Crippen MR) is 88.0 cm³/mol. The van der Waals surface area contributed by atoms with E-state index < -0.39 is 30.8 Å². The number of hydrazine groups is 1. The summed E-state index contributed by atoms with van der Waals surface area (Å²) in [6.45, 7) is 0.498. The second-order valence-corrected chi connectivity index (χ2v) is 6.55. The Kier molecular flexibility index (Phi) is 5.21. The monoisotopic (exact) mass is 384 g/mol. The molecule has 10 heteroatoms. The lowest BCUT2D eigenvalue weighted by molar-refractivity contribution is -0.154. The Morgan fingerprint density at radius 1 is 1.23 bits per heavy atom. The Morgan fingerprint density at radius 2 is 2.00 bits per heavy atom. The van der Waals surface area contributed by atoms with Crippen molar-refractivity contribution in [1.82, 2.24) is 20.0 Å². The van der Waals surface area contributed by atoms with Crippen LogP contribution in [-0.2, 0) is 4.79 Å². The van der Waals surface area contributed by atoms with E-state index in [-0.39, 0.29) is 18.8 Å². The number of alkyl halides is 3. The number of rotatable bonds is 4. The first-order valence-electron chi connectivity index (χ1n) is 7.90. The lowest BCUT2D eigenvalue weighted by atomic mass is 10.3. The topological polar surface area (TPSA) is 66.4 Å². The fraction of sp³-hybridized carbons (Fsp3) is 0.375. The van der Waals surface area contributed by atoms with Gasteiger partial charge in [0.1, 0.15) is 10.7 Å². The number of hydrogen-bond acceptors (Lipinski definition) is 5. The van der Waals surface area contributed by atoms with Crippen LogP contribution in [-0.4, -0.2) is 51.1 Å². The van der Waals surface area contributed by atoms with Crippen LogP contribution < -0.4 is 0 Å². The second kappa shape index (κ2) is 7.40. The highest BCUT2D eigenvalue weighted by Gasteiger charge is 2.35. The number of hydrogen-bond donors (Lipinski definition) is 0. The predicted octanol–water partition coefficient (Wildman–Crippen LogP) is 3.14. The number of halogens is 3. The van der Waals surface area contributed by atoms with Crippen molar-refractivity contribution in [3.05, 3.63) is 35.6 Å². The lowest BCUT2D eigenvalue weighted by Crippen LogP contribution is -2.45. The van der Waals surface area contributed by atoms with Gasteiger partial charge in [0.25, 0.3) is 5.91 Å². The summed E-state index contributed by atoms with van der Waals surface area (Å²) in [6, 6.07) is 3.56. The minimum atomic E-state index is -4.41. The van der Waals surface area contributed by atoms with Crippen molar-refractivity contribution >= 4 is 23.2 Å². The van der Waals surface area contributed by atoms with Crippen LogP contribution in [0.5, 0.6) is 0 Å². The van der Waals surface area contributed by atoms with Gasteiger partial charge >= 0.3 is 6.18 Å². The number of aromatic nitrogens is 2. The van der Waals surface area contributed by atoms with Gasteiger partial charge in [-0.25, -0.2) is 9.99 Å². The lowest BCUT2D eigenvalue weighted by Gasteiger charge is -2.27. The minimum Gasteiger partial charge on any atom is -0.273 e. The summed E-state index contributed by atoms with van der Waals surface area (Å²) in [6.07, 6.45) is -2.52. The first-order chi connectivity index (χ1) is 12.3. The van der Waals surface area contributed by atoms with E-state index in [1.54, 1.807) is 23.8 Å². The molecule has 6 nitrogen and oxygen atoms in total. The zero-order valence-corrected chi connectivity index (χ0v) is 14.4. The summed E-state index contributed by atoms with van der Waals surface area (Å²) in [5, 5.41) is 4.45. The molecule has 0 bridgehead atoms. The molecule has 0 atom stereocenters. The first-order valence-corrected chi connectivity index (χ1v) is 8.78. The van der Waals surface area contributed by atoms with E-state index in [9.17, 15) is 22.8 Å². The summed E-state index contributed by atoms with van der Waals surface area (Å²) >= 11 is 1.26. The van der Waals surface area contributed by atoms with Crippen LogP contribution in [0.3, 0.4) is 0 Å². The van der Waals surface area contributed by atoms with Crippen LogP contribution in [0, 0.1) is 0 Å². The fourth-order valence-electron chi connectivity index (χ4n) is 2.59. The van der Waals surface area contributed by atoms with Gasteiger partial charge in [0, 0.05) is 42.8 Å². The van der Waals surface area contributed by atoms with E-state index >= 15 is 0 Å². The Hall–Kier alpha value is -2.49. The van der Waals surface area contributed by atoms with Crippen molar-refractivity contribution in [2.24, 2.45) is 0 Å². The molecular weight excluding hydrogens is 369 g/mol. The van der Waals surface area contributed by atoms with Crippen molar-refractivity contribution in [1.29, 1.82) is 0 Å². The van der Waals surface area contributed by atoms with Gasteiger partial charge in [-0.05, 0) is 18.6 Å². The molecule has 2 aromatic rings. The fourth-order valence-corrected chi connectivity index (χ4v) is 3.37. The van der Waals surface area contributed by atoms with Crippen molar-refractivity contribution in [2.75, 3.05) is 13.1 Å². The largest absolute Gasteiger partial charge is 0.389 e. The number of carbonyl (C=O) groups is 2. The summed E-state index contributed by atoms with van der Waals surface area (Å²) in [7, 11) is 0. The molecule has 0 aromatic carbocycles. The molecule has 0 aliphatic carbocycles. The third kappa shape index (κ3) is 4.18. The van der Waals surface area contributed by atoms with Gasteiger partial charge in [-0.1, -0.05) is 0 Å². The first kappa shape index (κ1) is 18.3. The number of thiazole rings is 1. The van der Waals surface area contributed by atoms with E-state index in [2.05, 4.69) is 9.97 Å². The van der Waals surface area contributed by atoms with Crippen LogP contribution >= 0.6 is 11.3 Å². The zero-order valence-electron chi connectivity index (χ0n) is 13.6. The Bertz CT molecular complexity index is 794. The van der Waals surface area contributed by atoms with Crippen LogP contribution in [0.25, 0.3) is 10.6 Å². The molecule has 0 spiro atoms. The van der Waals surface area contributed by atoms with Crippen LogP contribution in [0.2, 0.25) is 0 Å². The molecule has 2 aromatic heterocycles. The highest BCUT2D eigenvalue weighted by molar-refractivity contribution is 7.13. The number of carbonyl (C=O) groups excluding carboxylic acids is 2. The van der Waals surface area contributed by atoms with Gasteiger partial charge in [0.2, 0.25) is 5.91 Å². The molecule has 1 fully saturated rings. The summed E-state index contributed by atoms with van der Waals surface area (Å²) in [5.41, 5.74) is 0.917. The molecule has 3 heterocycles. The van der Waals surface area contributed by atoms with E-state index in [1.165, 1.54) is 16.3 Å². The highest BCUT2D eigenvalue weighted by atomic mass is 32.1. The second-order valence-electron chi connectivity index (χ2n) is 5.69. The van der Waals surface area contributed by atoms with E-state index in [1.807, 2.05) is 6.07 Å². The summed E-state index contributed by atoms with van der Waals surface area (Å²) < 4.78 is 37.0. The molecular formula is C16H15F3N4O2S. The van der Waals surface area contributed by atoms with Crippen LogP contribution in [0.4, 0.5) is 13.2 Å². The smallest absolute Gasteiger partial charge is 0.273 e. The third-order valence-electron chi connectivity index (χ3n) is 3.81. The van der Waals surface area contributed by atoms with E-state index in [0.717, 1.165) is 10.6 Å². The van der Waals surface area contributed by atoms with E-state index in [4.69, 9.17) is 0 Å². The average Bonchev–Trinajstić information content (AvgIpc) is 3.28. The molecule has 26 heavy (non-hydrogen) atoms. The molecule has 3 rings (SSSR count). The van der Waals surface area contributed by atoms with Gasteiger partial charge in [-0.2, -0.15) is 13.2 Å². The summed E-state index contributed by atoms with van der Waals surface area (Å²) in [4.78, 5) is 33.0. The van der Waals surface area contributed by atoms with Crippen molar-refractivity contribution < 1.29 is 22.8 Å². The van der Waals surface area contributed by atoms with Gasteiger partial charge in [0.05, 0.1) is 6.42 Å². The van der Waals surface area contributed by atoms with Crippen LogP contribution in [0.1, 0.15) is 29.8 Å². The van der Waals surface area contributed by atoms with Gasteiger partial charge in [-0.3, -0.25) is 19.6 Å². The number of nitrogens with zero attached hydrogens (tertiary/aromatic N) is 4.